The molecule has 20 heavy (non-hydrogen) atoms. The smallest absolute Gasteiger partial charge is 0.335 e. The standard InChI is InChI=1S/C15H20N2O3/c1-15(8-3-9-16-10-15)14(20)17(2)12-6-4-11(5-7-12)13(18)19/h4-7,16H,3,8-10H2,1-2H3,(H,18,19). The average molecular weight is 276 g/mol. The van der Waals surface area contributed by atoms with Crippen molar-refractivity contribution in [1.29, 1.82) is 0 Å². The van der Waals surface area contributed by atoms with E-state index in [-0.39, 0.29) is 11.5 Å². The van der Waals surface area contributed by atoms with Crippen molar-refractivity contribution >= 4 is 17.6 Å². The molecule has 0 radical (unpaired) electrons. The van der Waals surface area contributed by atoms with Crippen LogP contribution in [0.25, 0.3) is 0 Å². The Morgan fingerprint density at radius 2 is 1.95 bits per heavy atom. The quantitative estimate of drug-likeness (QED) is 0.882. The van der Waals surface area contributed by atoms with E-state index in [4.69, 9.17) is 5.11 Å². The number of rotatable bonds is 3. The fourth-order valence-electron chi connectivity index (χ4n) is 2.59. The molecule has 0 bridgehead atoms. The van der Waals surface area contributed by atoms with Gasteiger partial charge in [-0.3, -0.25) is 4.79 Å². The Balaban J connectivity index is 2.15. The number of aromatic carboxylic acids is 1. The molecule has 2 rings (SSSR count). The third-order valence-corrected chi connectivity index (χ3v) is 3.92. The summed E-state index contributed by atoms with van der Waals surface area (Å²) < 4.78 is 0. The van der Waals surface area contributed by atoms with E-state index in [1.165, 1.54) is 12.1 Å². The Hall–Kier alpha value is -1.88. The number of piperidine rings is 1. The van der Waals surface area contributed by atoms with Crippen LogP contribution < -0.4 is 10.2 Å². The topological polar surface area (TPSA) is 69.6 Å². The molecule has 5 nitrogen and oxygen atoms in total. The van der Waals surface area contributed by atoms with Gasteiger partial charge >= 0.3 is 5.97 Å². The van der Waals surface area contributed by atoms with Gasteiger partial charge in [0, 0.05) is 19.3 Å². The van der Waals surface area contributed by atoms with Crippen LogP contribution in [-0.4, -0.2) is 37.1 Å². The van der Waals surface area contributed by atoms with Gasteiger partial charge in [-0.2, -0.15) is 0 Å². The van der Waals surface area contributed by atoms with Crippen LogP contribution in [0, 0.1) is 5.41 Å². The third-order valence-electron chi connectivity index (χ3n) is 3.92. The Bertz CT molecular complexity index is 504. The minimum absolute atomic E-state index is 0.0628. The van der Waals surface area contributed by atoms with Crippen molar-refractivity contribution in [1.82, 2.24) is 5.32 Å². The van der Waals surface area contributed by atoms with Gasteiger partial charge in [0.2, 0.25) is 5.91 Å². The van der Waals surface area contributed by atoms with E-state index < -0.39 is 11.4 Å². The Morgan fingerprint density at radius 1 is 1.30 bits per heavy atom. The molecule has 0 aliphatic carbocycles. The van der Waals surface area contributed by atoms with Gasteiger partial charge < -0.3 is 15.3 Å². The van der Waals surface area contributed by atoms with Crippen LogP contribution in [0.2, 0.25) is 0 Å². The molecule has 1 amide bonds. The van der Waals surface area contributed by atoms with Gasteiger partial charge in [-0.25, -0.2) is 4.79 Å². The summed E-state index contributed by atoms with van der Waals surface area (Å²) in [7, 11) is 1.73. The molecule has 0 aromatic heterocycles. The summed E-state index contributed by atoms with van der Waals surface area (Å²) in [6.45, 7) is 3.62. The van der Waals surface area contributed by atoms with E-state index in [9.17, 15) is 9.59 Å². The molecule has 0 spiro atoms. The van der Waals surface area contributed by atoms with Crippen molar-refractivity contribution < 1.29 is 14.7 Å². The number of carbonyl (C=O) groups is 2. The van der Waals surface area contributed by atoms with Crippen molar-refractivity contribution in [2.24, 2.45) is 5.41 Å². The molecule has 5 heteroatoms. The van der Waals surface area contributed by atoms with E-state index >= 15 is 0 Å². The van der Waals surface area contributed by atoms with Crippen molar-refractivity contribution in [3.8, 4) is 0 Å². The first kappa shape index (κ1) is 14.5. The monoisotopic (exact) mass is 276 g/mol. The van der Waals surface area contributed by atoms with Gasteiger partial charge in [-0.05, 0) is 50.6 Å². The molecule has 1 aliphatic rings. The lowest BCUT2D eigenvalue weighted by atomic mass is 9.81. The minimum atomic E-state index is -0.964. The number of carbonyl (C=O) groups excluding carboxylic acids is 1. The fraction of sp³-hybridized carbons (Fsp3) is 0.467. The van der Waals surface area contributed by atoms with Crippen LogP contribution in [0.1, 0.15) is 30.1 Å². The molecule has 1 saturated heterocycles. The van der Waals surface area contributed by atoms with Gasteiger partial charge in [0.25, 0.3) is 0 Å². The summed E-state index contributed by atoms with van der Waals surface area (Å²) in [6, 6.07) is 6.37. The van der Waals surface area contributed by atoms with Gasteiger partial charge in [0.1, 0.15) is 0 Å². The Kier molecular flexibility index (Phi) is 4.09. The number of hydrogen-bond donors (Lipinski definition) is 2. The largest absolute Gasteiger partial charge is 0.478 e. The summed E-state index contributed by atoms with van der Waals surface area (Å²) in [5, 5.41) is 12.1. The summed E-state index contributed by atoms with van der Waals surface area (Å²) in [5.41, 5.74) is 0.547. The predicted molar refractivity (Wildman–Crippen MR) is 77.0 cm³/mol. The molecular formula is C15H20N2O3. The molecule has 1 atom stereocenters. The number of carboxylic acids is 1. The molecular weight excluding hydrogens is 256 g/mol. The second-order valence-electron chi connectivity index (χ2n) is 5.56. The maximum absolute atomic E-state index is 12.6. The molecule has 108 valence electrons. The first-order valence-corrected chi connectivity index (χ1v) is 6.76. The normalized spacial score (nSPS) is 22.3. The zero-order valence-electron chi connectivity index (χ0n) is 11.8. The van der Waals surface area contributed by atoms with E-state index in [1.54, 1.807) is 24.1 Å². The lowest BCUT2D eigenvalue weighted by Crippen LogP contribution is -2.49. The van der Waals surface area contributed by atoms with Crippen LogP contribution in [0.15, 0.2) is 24.3 Å². The second-order valence-corrected chi connectivity index (χ2v) is 5.56. The first-order chi connectivity index (χ1) is 9.44. The van der Waals surface area contributed by atoms with Crippen molar-refractivity contribution in [3.05, 3.63) is 29.8 Å². The summed E-state index contributed by atoms with van der Waals surface area (Å²) in [6.07, 6.45) is 1.87. The Morgan fingerprint density at radius 3 is 2.45 bits per heavy atom. The second kappa shape index (κ2) is 5.63. The molecule has 1 aromatic rings. The molecule has 1 heterocycles. The van der Waals surface area contributed by atoms with Crippen molar-refractivity contribution in [2.45, 2.75) is 19.8 Å². The number of nitrogens with zero attached hydrogens (tertiary/aromatic N) is 1. The predicted octanol–water partition coefficient (Wildman–Crippen LogP) is 1.74. The minimum Gasteiger partial charge on any atom is -0.478 e. The van der Waals surface area contributed by atoms with Crippen molar-refractivity contribution in [2.75, 3.05) is 25.0 Å². The van der Waals surface area contributed by atoms with Crippen LogP contribution in [0.5, 0.6) is 0 Å². The number of hydrogen-bond acceptors (Lipinski definition) is 3. The highest BCUT2D eigenvalue weighted by molar-refractivity contribution is 5.97. The van der Waals surface area contributed by atoms with Gasteiger partial charge in [-0.1, -0.05) is 0 Å². The molecule has 1 aromatic carbocycles. The number of nitrogens with one attached hydrogen (secondary N) is 1. The van der Waals surface area contributed by atoms with Gasteiger partial charge in [0.05, 0.1) is 11.0 Å². The lowest BCUT2D eigenvalue weighted by molar-refractivity contribution is -0.128. The average Bonchev–Trinajstić information content (AvgIpc) is 2.46. The summed E-state index contributed by atoms with van der Waals surface area (Å²) >= 11 is 0. The molecule has 1 fully saturated rings. The molecule has 2 N–H and O–H groups in total. The van der Waals surface area contributed by atoms with Crippen LogP contribution >= 0.6 is 0 Å². The third kappa shape index (κ3) is 2.82. The number of anilines is 1. The zero-order chi connectivity index (χ0) is 14.8. The zero-order valence-corrected chi connectivity index (χ0v) is 11.8. The van der Waals surface area contributed by atoms with E-state index in [0.29, 0.717) is 12.2 Å². The SMILES string of the molecule is CN(C(=O)C1(C)CCCNC1)c1ccc(C(=O)O)cc1. The van der Waals surface area contributed by atoms with Crippen LogP contribution in [0.4, 0.5) is 5.69 Å². The number of benzene rings is 1. The molecule has 0 saturated carbocycles. The highest BCUT2D eigenvalue weighted by Gasteiger charge is 2.37. The van der Waals surface area contributed by atoms with Crippen molar-refractivity contribution in [3.63, 3.8) is 0 Å². The maximum atomic E-state index is 12.6. The van der Waals surface area contributed by atoms with Gasteiger partial charge in [-0.15, -0.1) is 0 Å². The van der Waals surface area contributed by atoms with E-state index in [2.05, 4.69) is 5.32 Å². The Labute approximate surface area is 118 Å². The number of amides is 1. The van der Waals surface area contributed by atoms with Gasteiger partial charge in [0.15, 0.2) is 0 Å². The van der Waals surface area contributed by atoms with Crippen LogP contribution in [0.3, 0.4) is 0 Å². The number of carboxylic acid groups (broad SMARTS) is 1. The molecule has 1 aliphatic heterocycles. The maximum Gasteiger partial charge on any atom is 0.335 e. The summed E-state index contributed by atoms with van der Waals surface area (Å²) in [4.78, 5) is 25.0. The molecule has 1 unspecified atom stereocenters. The lowest BCUT2D eigenvalue weighted by Gasteiger charge is -2.36. The highest BCUT2D eigenvalue weighted by Crippen LogP contribution is 2.29. The highest BCUT2D eigenvalue weighted by atomic mass is 16.4. The fourth-order valence-corrected chi connectivity index (χ4v) is 2.59. The first-order valence-electron chi connectivity index (χ1n) is 6.76. The summed E-state index contributed by atoms with van der Waals surface area (Å²) in [5.74, 6) is -0.901. The van der Waals surface area contributed by atoms with E-state index in [0.717, 1.165) is 19.4 Å². The van der Waals surface area contributed by atoms with Crippen LogP contribution in [-0.2, 0) is 4.79 Å². The van der Waals surface area contributed by atoms with E-state index in [1.807, 2.05) is 6.92 Å².